The van der Waals surface area contributed by atoms with Gasteiger partial charge < -0.3 is 10.3 Å². The molecule has 1 aromatic heterocycles. The molecule has 0 aromatic carbocycles. The van der Waals surface area contributed by atoms with Crippen LogP contribution in [0.2, 0.25) is 0 Å². The summed E-state index contributed by atoms with van der Waals surface area (Å²) in [6.45, 7) is 5.28. The molecule has 3 rings (SSSR count). The van der Waals surface area contributed by atoms with Crippen molar-refractivity contribution in [2.45, 2.75) is 70.6 Å². The number of aryl methyl sites for hydroxylation is 1. The Hall–Kier alpha value is -0.940. The van der Waals surface area contributed by atoms with Gasteiger partial charge in [-0.15, -0.1) is 10.2 Å². The molecule has 0 amide bonds. The number of likely N-dealkylation sites (tertiary alicyclic amines) is 1. The van der Waals surface area contributed by atoms with Crippen LogP contribution in [0, 0.1) is 0 Å². The van der Waals surface area contributed by atoms with Crippen molar-refractivity contribution >= 4 is 0 Å². The molecule has 0 aliphatic carbocycles. The lowest BCUT2D eigenvalue weighted by molar-refractivity contribution is 0.118. The van der Waals surface area contributed by atoms with E-state index in [-0.39, 0.29) is 6.04 Å². The summed E-state index contributed by atoms with van der Waals surface area (Å²) in [6.07, 6.45) is 7.41. The van der Waals surface area contributed by atoms with Crippen LogP contribution in [0.3, 0.4) is 0 Å². The minimum absolute atomic E-state index is 0.240. The zero-order chi connectivity index (χ0) is 13.2. The van der Waals surface area contributed by atoms with Crippen molar-refractivity contribution in [3.05, 3.63) is 11.6 Å². The summed E-state index contributed by atoms with van der Waals surface area (Å²) in [5.74, 6) is 2.32. The summed E-state index contributed by atoms with van der Waals surface area (Å²) < 4.78 is 2.33. The number of hydrogen-bond acceptors (Lipinski definition) is 4. The van der Waals surface area contributed by atoms with Crippen molar-refractivity contribution in [1.29, 1.82) is 0 Å². The highest BCUT2D eigenvalue weighted by Crippen LogP contribution is 2.22. The maximum Gasteiger partial charge on any atom is 0.147 e. The van der Waals surface area contributed by atoms with E-state index in [1.54, 1.807) is 0 Å². The standard InChI is InChI=1S/C14H25N5/c1-11(15)12-6-2-4-8-18(12)10-14-17-16-13-7-3-5-9-19(13)14/h11-12H,2-10,15H2,1H3. The van der Waals surface area contributed by atoms with Gasteiger partial charge in [0.1, 0.15) is 11.6 Å². The molecule has 2 unspecified atom stereocenters. The smallest absolute Gasteiger partial charge is 0.147 e. The van der Waals surface area contributed by atoms with Crippen LogP contribution in [-0.2, 0) is 19.5 Å². The van der Waals surface area contributed by atoms with Crippen molar-refractivity contribution < 1.29 is 0 Å². The Bertz CT molecular complexity index is 425. The Morgan fingerprint density at radius 3 is 2.89 bits per heavy atom. The third kappa shape index (κ3) is 2.67. The number of piperidine rings is 1. The average Bonchev–Trinajstić information content (AvgIpc) is 2.83. The van der Waals surface area contributed by atoms with Gasteiger partial charge in [0.2, 0.25) is 0 Å². The number of rotatable bonds is 3. The lowest BCUT2D eigenvalue weighted by Crippen LogP contribution is -2.48. The highest BCUT2D eigenvalue weighted by atomic mass is 15.3. The topological polar surface area (TPSA) is 60.0 Å². The Morgan fingerprint density at radius 1 is 1.21 bits per heavy atom. The van der Waals surface area contributed by atoms with Crippen LogP contribution in [0.4, 0.5) is 0 Å². The number of nitrogens with zero attached hydrogens (tertiary/aromatic N) is 4. The maximum absolute atomic E-state index is 6.14. The molecule has 0 bridgehead atoms. The van der Waals surface area contributed by atoms with Crippen LogP contribution in [0.5, 0.6) is 0 Å². The summed E-state index contributed by atoms with van der Waals surface area (Å²) in [5, 5.41) is 8.76. The summed E-state index contributed by atoms with van der Waals surface area (Å²) >= 11 is 0. The Morgan fingerprint density at radius 2 is 2.05 bits per heavy atom. The molecule has 3 heterocycles. The zero-order valence-corrected chi connectivity index (χ0v) is 11.9. The van der Waals surface area contributed by atoms with Crippen molar-refractivity contribution in [3.63, 3.8) is 0 Å². The first-order valence-electron chi connectivity index (χ1n) is 7.66. The summed E-state index contributed by atoms with van der Waals surface area (Å²) in [6, 6.07) is 0.745. The maximum atomic E-state index is 6.14. The molecular weight excluding hydrogens is 238 g/mol. The van der Waals surface area contributed by atoms with E-state index in [9.17, 15) is 0 Å². The second-order valence-electron chi connectivity index (χ2n) is 6.03. The third-order valence-corrected chi connectivity index (χ3v) is 4.55. The van der Waals surface area contributed by atoms with Gasteiger partial charge in [-0.05, 0) is 39.2 Å². The quantitative estimate of drug-likeness (QED) is 0.893. The molecule has 1 aromatic rings. The fourth-order valence-electron chi connectivity index (χ4n) is 3.48. The van der Waals surface area contributed by atoms with Crippen LogP contribution in [0.1, 0.15) is 50.7 Å². The van der Waals surface area contributed by atoms with Gasteiger partial charge in [0.15, 0.2) is 0 Å². The highest BCUT2D eigenvalue weighted by Gasteiger charge is 2.27. The molecule has 19 heavy (non-hydrogen) atoms. The van der Waals surface area contributed by atoms with Crippen LogP contribution < -0.4 is 5.73 Å². The van der Waals surface area contributed by atoms with Gasteiger partial charge in [-0.25, -0.2) is 0 Å². The molecule has 2 aliphatic rings. The van der Waals surface area contributed by atoms with Crippen molar-refractivity contribution in [1.82, 2.24) is 19.7 Å². The van der Waals surface area contributed by atoms with Crippen molar-refractivity contribution in [3.8, 4) is 0 Å². The lowest BCUT2D eigenvalue weighted by Gasteiger charge is -2.37. The van der Waals surface area contributed by atoms with Gasteiger partial charge in [-0.3, -0.25) is 4.90 Å². The number of aromatic nitrogens is 3. The van der Waals surface area contributed by atoms with Gasteiger partial charge in [-0.1, -0.05) is 6.42 Å². The number of nitrogens with two attached hydrogens (primary N) is 1. The van der Waals surface area contributed by atoms with Gasteiger partial charge >= 0.3 is 0 Å². The SMILES string of the molecule is CC(N)C1CCCCN1Cc1nnc2n1CCCC2. The zero-order valence-electron chi connectivity index (χ0n) is 11.9. The lowest BCUT2D eigenvalue weighted by atomic mass is 9.97. The minimum Gasteiger partial charge on any atom is -0.327 e. The van der Waals surface area contributed by atoms with E-state index in [0.717, 1.165) is 31.9 Å². The number of hydrogen-bond donors (Lipinski definition) is 1. The molecule has 2 aliphatic heterocycles. The fourth-order valence-corrected chi connectivity index (χ4v) is 3.48. The minimum atomic E-state index is 0.240. The Kier molecular flexibility index (Phi) is 3.84. The van der Waals surface area contributed by atoms with Gasteiger partial charge in [0.25, 0.3) is 0 Å². The van der Waals surface area contributed by atoms with E-state index in [2.05, 4.69) is 26.6 Å². The van der Waals surface area contributed by atoms with Crippen molar-refractivity contribution in [2.24, 2.45) is 5.73 Å². The van der Waals surface area contributed by atoms with E-state index in [1.165, 1.54) is 37.9 Å². The molecule has 0 saturated carbocycles. The first-order valence-corrected chi connectivity index (χ1v) is 7.66. The van der Waals surface area contributed by atoms with Crippen LogP contribution in [0.25, 0.3) is 0 Å². The van der Waals surface area contributed by atoms with Gasteiger partial charge in [0.05, 0.1) is 6.54 Å². The molecule has 2 atom stereocenters. The normalized spacial score (nSPS) is 26.1. The molecule has 0 radical (unpaired) electrons. The second-order valence-corrected chi connectivity index (χ2v) is 6.03. The monoisotopic (exact) mass is 263 g/mol. The molecular formula is C14H25N5. The molecule has 1 saturated heterocycles. The Labute approximate surface area is 115 Å². The van der Waals surface area contributed by atoms with Crippen LogP contribution >= 0.6 is 0 Å². The first kappa shape index (κ1) is 13.1. The molecule has 1 fully saturated rings. The molecule has 5 nitrogen and oxygen atoms in total. The van der Waals surface area contributed by atoms with E-state index < -0.39 is 0 Å². The van der Waals surface area contributed by atoms with E-state index in [1.807, 2.05) is 0 Å². The van der Waals surface area contributed by atoms with Crippen LogP contribution in [-0.4, -0.2) is 38.3 Å². The largest absolute Gasteiger partial charge is 0.327 e. The second kappa shape index (κ2) is 5.59. The predicted octanol–water partition coefficient (Wildman–Crippen LogP) is 1.32. The summed E-state index contributed by atoms with van der Waals surface area (Å²) in [7, 11) is 0. The van der Waals surface area contributed by atoms with E-state index in [0.29, 0.717) is 6.04 Å². The van der Waals surface area contributed by atoms with Gasteiger partial charge in [-0.2, -0.15) is 0 Å². The van der Waals surface area contributed by atoms with Gasteiger partial charge in [0, 0.05) is 25.0 Å². The number of fused-ring (bicyclic) bond motifs is 1. The summed E-state index contributed by atoms with van der Waals surface area (Å²) in [5.41, 5.74) is 6.14. The molecule has 2 N–H and O–H groups in total. The summed E-state index contributed by atoms with van der Waals surface area (Å²) in [4.78, 5) is 2.51. The van der Waals surface area contributed by atoms with E-state index >= 15 is 0 Å². The molecule has 5 heteroatoms. The third-order valence-electron chi connectivity index (χ3n) is 4.55. The molecule has 106 valence electrons. The highest BCUT2D eigenvalue weighted by molar-refractivity contribution is 5.00. The van der Waals surface area contributed by atoms with Crippen LogP contribution in [0.15, 0.2) is 0 Å². The molecule has 0 spiro atoms. The van der Waals surface area contributed by atoms with Crippen molar-refractivity contribution in [2.75, 3.05) is 6.54 Å². The fraction of sp³-hybridized carbons (Fsp3) is 0.857. The predicted molar refractivity (Wildman–Crippen MR) is 74.7 cm³/mol. The average molecular weight is 263 g/mol. The Balaban J connectivity index is 1.74. The first-order chi connectivity index (χ1) is 9.25. The van der Waals surface area contributed by atoms with E-state index in [4.69, 9.17) is 5.73 Å².